The summed E-state index contributed by atoms with van der Waals surface area (Å²) >= 11 is 0. The third kappa shape index (κ3) is 7.75. The number of hydrogen-bond donors (Lipinski definition) is 2. The number of methoxy groups -OCH3 is 1. The number of likely N-dealkylation sites (N-methyl/N-ethyl adjacent to an activating group) is 1. The monoisotopic (exact) mass is 503 g/mol. The molecule has 1 aliphatic rings. The van der Waals surface area contributed by atoms with Crippen LogP contribution in [0.3, 0.4) is 0 Å². The Kier molecular flexibility index (Phi) is 11.8. The van der Waals surface area contributed by atoms with E-state index in [1.165, 1.54) is 18.4 Å². The summed E-state index contributed by atoms with van der Waals surface area (Å²) in [7, 11) is 5.70. The third-order valence-corrected chi connectivity index (χ3v) is 5.38. The van der Waals surface area contributed by atoms with Crippen molar-refractivity contribution in [2.45, 2.75) is 38.8 Å². The van der Waals surface area contributed by atoms with Gasteiger partial charge in [0.1, 0.15) is 5.75 Å². The Labute approximate surface area is 188 Å². The largest absolute Gasteiger partial charge is 0.497 e. The highest BCUT2D eigenvalue weighted by Gasteiger charge is 2.24. The van der Waals surface area contributed by atoms with Crippen molar-refractivity contribution in [3.05, 3.63) is 29.8 Å². The standard InChI is InChI=1S/C21H37N5O.HI/c1-17(2)25(4)14-11-23-21(22-3)24-16-20(26-12-6-7-13-26)18-9-8-10-19(15-18)27-5;/h8-10,15,17,20H,6-7,11-14,16H2,1-5H3,(H2,22,23,24);1H. The quantitative estimate of drug-likeness (QED) is 0.309. The molecule has 2 N–H and O–H groups in total. The van der Waals surface area contributed by atoms with Crippen LogP contribution in [-0.4, -0.2) is 75.7 Å². The lowest BCUT2D eigenvalue weighted by atomic mass is 10.1. The number of likely N-dealkylation sites (tertiary alicyclic amines) is 1. The highest BCUT2D eigenvalue weighted by Crippen LogP contribution is 2.27. The van der Waals surface area contributed by atoms with Crippen molar-refractivity contribution < 1.29 is 4.74 Å². The Morgan fingerprint density at radius 2 is 1.96 bits per heavy atom. The minimum absolute atomic E-state index is 0. The van der Waals surface area contributed by atoms with Gasteiger partial charge in [-0.2, -0.15) is 0 Å². The third-order valence-electron chi connectivity index (χ3n) is 5.38. The second-order valence-corrected chi connectivity index (χ2v) is 7.49. The molecule has 0 radical (unpaired) electrons. The van der Waals surface area contributed by atoms with E-state index in [-0.39, 0.29) is 24.0 Å². The number of benzene rings is 1. The number of nitrogens with zero attached hydrogens (tertiary/aromatic N) is 3. The van der Waals surface area contributed by atoms with Gasteiger partial charge in [0.05, 0.1) is 13.2 Å². The van der Waals surface area contributed by atoms with Gasteiger partial charge < -0.3 is 20.3 Å². The minimum Gasteiger partial charge on any atom is -0.497 e. The zero-order valence-corrected chi connectivity index (χ0v) is 20.4. The molecule has 7 heteroatoms. The topological polar surface area (TPSA) is 52.1 Å². The van der Waals surface area contributed by atoms with E-state index in [1.807, 2.05) is 13.1 Å². The second kappa shape index (κ2) is 13.2. The van der Waals surface area contributed by atoms with E-state index in [2.05, 4.69) is 64.5 Å². The van der Waals surface area contributed by atoms with Crippen LogP contribution in [-0.2, 0) is 0 Å². The van der Waals surface area contributed by atoms with Gasteiger partial charge in [-0.05, 0) is 64.5 Å². The SMILES string of the molecule is CN=C(NCCN(C)C(C)C)NCC(c1cccc(OC)c1)N1CCCC1.I. The molecule has 1 aromatic rings. The van der Waals surface area contributed by atoms with Crippen LogP contribution in [0.4, 0.5) is 0 Å². The van der Waals surface area contributed by atoms with E-state index in [1.54, 1.807) is 7.11 Å². The number of ether oxygens (including phenoxy) is 1. The predicted octanol–water partition coefficient (Wildman–Crippen LogP) is 2.96. The summed E-state index contributed by atoms with van der Waals surface area (Å²) in [4.78, 5) is 9.27. The van der Waals surface area contributed by atoms with E-state index in [0.717, 1.165) is 44.4 Å². The van der Waals surface area contributed by atoms with Crippen molar-refractivity contribution in [3.63, 3.8) is 0 Å². The van der Waals surface area contributed by atoms with Crippen LogP contribution >= 0.6 is 24.0 Å². The van der Waals surface area contributed by atoms with Gasteiger partial charge in [0.25, 0.3) is 0 Å². The molecule has 0 aliphatic carbocycles. The number of nitrogens with one attached hydrogen (secondary N) is 2. The summed E-state index contributed by atoms with van der Waals surface area (Å²) in [5.41, 5.74) is 1.29. The van der Waals surface area contributed by atoms with Crippen molar-refractivity contribution in [2.24, 2.45) is 4.99 Å². The zero-order valence-electron chi connectivity index (χ0n) is 18.1. The van der Waals surface area contributed by atoms with Gasteiger partial charge in [0.2, 0.25) is 0 Å². The molecule has 1 aromatic carbocycles. The van der Waals surface area contributed by atoms with Gasteiger partial charge in [-0.1, -0.05) is 12.1 Å². The molecular formula is C21H38IN5O. The number of hydrogen-bond acceptors (Lipinski definition) is 4. The number of halogens is 1. The Morgan fingerprint density at radius 3 is 2.57 bits per heavy atom. The fraction of sp³-hybridized carbons (Fsp3) is 0.667. The molecule has 160 valence electrons. The van der Waals surface area contributed by atoms with E-state index in [4.69, 9.17) is 4.74 Å². The Balaban J connectivity index is 0.00000392. The zero-order chi connectivity index (χ0) is 19.6. The first-order valence-corrected chi connectivity index (χ1v) is 10.1. The highest BCUT2D eigenvalue weighted by molar-refractivity contribution is 14.0. The molecule has 2 rings (SSSR count). The van der Waals surface area contributed by atoms with Gasteiger partial charge in [-0.3, -0.25) is 9.89 Å². The van der Waals surface area contributed by atoms with Crippen LogP contribution in [0.15, 0.2) is 29.3 Å². The van der Waals surface area contributed by atoms with Crippen LogP contribution in [0, 0.1) is 0 Å². The molecule has 1 heterocycles. The van der Waals surface area contributed by atoms with Crippen molar-refractivity contribution in [1.82, 2.24) is 20.4 Å². The lowest BCUT2D eigenvalue weighted by molar-refractivity contribution is 0.244. The molecule has 0 saturated carbocycles. The van der Waals surface area contributed by atoms with Gasteiger partial charge in [0, 0.05) is 32.7 Å². The van der Waals surface area contributed by atoms with Crippen molar-refractivity contribution >= 4 is 29.9 Å². The van der Waals surface area contributed by atoms with Crippen molar-refractivity contribution in [1.29, 1.82) is 0 Å². The maximum absolute atomic E-state index is 5.43. The molecule has 0 amide bonds. The summed E-state index contributed by atoms with van der Waals surface area (Å²) < 4.78 is 5.43. The molecule has 0 spiro atoms. The van der Waals surface area contributed by atoms with Crippen LogP contribution in [0.25, 0.3) is 0 Å². The van der Waals surface area contributed by atoms with E-state index < -0.39 is 0 Å². The first kappa shape index (κ1) is 25.0. The normalized spacial score (nSPS) is 16.2. The van der Waals surface area contributed by atoms with Crippen LogP contribution in [0.5, 0.6) is 5.75 Å². The van der Waals surface area contributed by atoms with Crippen LogP contribution < -0.4 is 15.4 Å². The molecule has 1 atom stereocenters. The van der Waals surface area contributed by atoms with Gasteiger partial charge in [-0.15, -0.1) is 24.0 Å². The van der Waals surface area contributed by atoms with E-state index >= 15 is 0 Å². The molecule has 0 bridgehead atoms. The van der Waals surface area contributed by atoms with E-state index in [9.17, 15) is 0 Å². The number of rotatable bonds is 9. The fourth-order valence-electron chi connectivity index (χ4n) is 3.38. The molecule has 28 heavy (non-hydrogen) atoms. The number of guanidine groups is 1. The summed E-state index contributed by atoms with van der Waals surface area (Å²) in [6, 6.07) is 9.30. The Bertz CT molecular complexity index is 590. The van der Waals surface area contributed by atoms with Gasteiger partial charge >= 0.3 is 0 Å². The maximum atomic E-state index is 5.43. The van der Waals surface area contributed by atoms with Crippen molar-refractivity contribution in [3.8, 4) is 5.75 Å². The number of aliphatic imine (C=N–C) groups is 1. The fourth-order valence-corrected chi connectivity index (χ4v) is 3.38. The molecule has 1 saturated heterocycles. The van der Waals surface area contributed by atoms with E-state index in [0.29, 0.717) is 12.1 Å². The Morgan fingerprint density at radius 1 is 1.25 bits per heavy atom. The maximum Gasteiger partial charge on any atom is 0.191 e. The summed E-state index contributed by atoms with van der Waals surface area (Å²) in [6.45, 7) is 9.41. The Hall–Kier alpha value is -1.06. The average Bonchev–Trinajstić information content (AvgIpc) is 3.21. The lowest BCUT2D eigenvalue weighted by Gasteiger charge is -2.29. The van der Waals surface area contributed by atoms with Crippen LogP contribution in [0.1, 0.15) is 38.3 Å². The van der Waals surface area contributed by atoms with Crippen LogP contribution in [0.2, 0.25) is 0 Å². The predicted molar refractivity (Wildman–Crippen MR) is 129 cm³/mol. The minimum atomic E-state index is 0. The van der Waals surface area contributed by atoms with Gasteiger partial charge in [0.15, 0.2) is 5.96 Å². The summed E-state index contributed by atoms with van der Waals surface area (Å²) in [5.74, 6) is 1.77. The molecule has 1 fully saturated rings. The van der Waals surface area contributed by atoms with Crippen molar-refractivity contribution in [2.75, 3.05) is 53.9 Å². The smallest absolute Gasteiger partial charge is 0.191 e. The molecule has 0 aromatic heterocycles. The first-order valence-electron chi connectivity index (χ1n) is 10.1. The first-order chi connectivity index (χ1) is 13.0. The molecule has 1 unspecified atom stereocenters. The second-order valence-electron chi connectivity index (χ2n) is 7.49. The molecular weight excluding hydrogens is 465 g/mol. The highest BCUT2D eigenvalue weighted by atomic mass is 127. The van der Waals surface area contributed by atoms with Gasteiger partial charge in [-0.25, -0.2) is 0 Å². The summed E-state index contributed by atoms with van der Waals surface area (Å²) in [6.07, 6.45) is 2.55. The lowest BCUT2D eigenvalue weighted by Crippen LogP contribution is -2.45. The summed E-state index contributed by atoms with van der Waals surface area (Å²) in [5, 5.41) is 6.95. The average molecular weight is 503 g/mol. The molecule has 1 aliphatic heterocycles. The molecule has 6 nitrogen and oxygen atoms in total.